The minimum absolute atomic E-state index is 0.129. The zero-order chi connectivity index (χ0) is 19.4. The number of imide groups is 1. The third-order valence-electron chi connectivity index (χ3n) is 4.46. The molecular weight excluding hydrogens is 386 g/mol. The Balaban J connectivity index is 1.73. The Morgan fingerprint density at radius 3 is 2.85 bits per heavy atom. The lowest BCUT2D eigenvalue weighted by atomic mass is 10.1. The first-order chi connectivity index (χ1) is 13.0. The molecule has 0 aliphatic carbocycles. The van der Waals surface area contributed by atoms with Crippen molar-refractivity contribution in [3.05, 3.63) is 46.3 Å². The van der Waals surface area contributed by atoms with Crippen LogP contribution in [0.1, 0.15) is 25.3 Å². The molecule has 0 spiro atoms. The molecule has 0 bridgehead atoms. The Bertz CT molecular complexity index is 837. The Kier molecular flexibility index (Phi) is 6.34. The Labute approximate surface area is 167 Å². The smallest absolute Gasteiger partial charge is 0.349 e. The average molecular weight is 407 g/mol. The fourth-order valence-corrected chi connectivity index (χ4v) is 4.14. The Morgan fingerprint density at radius 2 is 2.11 bits per heavy atom. The number of halogens is 1. The van der Waals surface area contributed by atoms with E-state index in [1.807, 2.05) is 25.1 Å². The van der Waals surface area contributed by atoms with Gasteiger partial charge in [-0.05, 0) is 29.5 Å². The van der Waals surface area contributed by atoms with Crippen LogP contribution < -0.4 is 5.32 Å². The normalized spacial score (nSPS) is 18.9. The number of rotatable bonds is 7. The molecule has 27 heavy (non-hydrogen) atoms. The third kappa shape index (κ3) is 4.25. The second-order valence-electron chi connectivity index (χ2n) is 6.32. The fourth-order valence-electron chi connectivity index (χ4n) is 2.97. The number of benzene rings is 1. The summed E-state index contributed by atoms with van der Waals surface area (Å²) in [4.78, 5) is 39.1. The van der Waals surface area contributed by atoms with E-state index in [0.717, 1.165) is 18.4 Å². The summed E-state index contributed by atoms with van der Waals surface area (Å²) in [6.07, 6.45) is 3.36. The average Bonchev–Trinajstić information content (AvgIpc) is 3.14. The van der Waals surface area contributed by atoms with Gasteiger partial charge in [0.15, 0.2) is 11.8 Å². The van der Waals surface area contributed by atoms with Crippen LogP contribution in [0.25, 0.3) is 0 Å². The minimum atomic E-state index is -0.448. The lowest BCUT2D eigenvalue weighted by Crippen LogP contribution is -2.56. The molecule has 4 amide bonds. The van der Waals surface area contributed by atoms with Gasteiger partial charge in [-0.25, -0.2) is 4.79 Å². The van der Waals surface area contributed by atoms with E-state index in [2.05, 4.69) is 5.32 Å². The summed E-state index contributed by atoms with van der Waals surface area (Å²) in [6.45, 7) is 2.52. The third-order valence-corrected chi connectivity index (χ3v) is 5.83. The monoisotopic (exact) mass is 406 g/mol. The topological polar surface area (TPSA) is 69.5 Å². The summed E-state index contributed by atoms with van der Waals surface area (Å²) in [5, 5.41) is 4.71. The lowest BCUT2D eigenvalue weighted by molar-refractivity contribution is -0.426. The highest BCUT2D eigenvalue weighted by Gasteiger charge is 2.48. The SMILES string of the molecule is CCCCN1C(=O)C2SC=CC2=[N+](CC(=O)NCc2ccccc2Cl)C1=O. The molecule has 0 fully saturated rings. The number of carbonyl (C=O) groups excluding carboxylic acids is 3. The molecule has 6 nitrogen and oxygen atoms in total. The van der Waals surface area contributed by atoms with Gasteiger partial charge in [-0.1, -0.05) is 43.1 Å². The van der Waals surface area contributed by atoms with Gasteiger partial charge >= 0.3 is 11.9 Å². The number of nitrogens with zero attached hydrogens (tertiary/aromatic N) is 2. The highest BCUT2D eigenvalue weighted by molar-refractivity contribution is 8.04. The summed E-state index contributed by atoms with van der Waals surface area (Å²) >= 11 is 7.47. The molecule has 0 saturated heterocycles. The summed E-state index contributed by atoms with van der Waals surface area (Å²) in [7, 11) is 0. The number of unbranched alkanes of at least 4 members (excludes halogenated alkanes) is 1. The second kappa shape index (κ2) is 8.71. The summed E-state index contributed by atoms with van der Waals surface area (Å²) in [5.74, 6) is -0.504. The van der Waals surface area contributed by atoms with Crippen LogP contribution in [0.2, 0.25) is 5.02 Å². The molecule has 1 aromatic rings. The van der Waals surface area contributed by atoms with Crippen molar-refractivity contribution in [2.45, 2.75) is 31.6 Å². The zero-order valence-electron chi connectivity index (χ0n) is 15.0. The molecule has 0 radical (unpaired) electrons. The molecule has 3 rings (SSSR count). The van der Waals surface area contributed by atoms with Crippen molar-refractivity contribution in [2.75, 3.05) is 13.1 Å². The maximum atomic E-state index is 12.8. The highest BCUT2D eigenvalue weighted by Crippen LogP contribution is 2.27. The van der Waals surface area contributed by atoms with E-state index >= 15 is 0 Å². The van der Waals surface area contributed by atoms with Crippen molar-refractivity contribution >= 4 is 46.9 Å². The lowest BCUT2D eigenvalue weighted by Gasteiger charge is -2.24. The summed E-state index contributed by atoms with van der Waals surface area (Å²) in [5.41, 5.74) is 1.38. The van der Waals surface area contributed by atoms with Crippen molar-refractivity contribution in [1.29, 1.82) is 0 Å². The second-order valence-corrected chi connectivity index (χ2v) is 7.75. The molecule has 1 atom stereocenters. The Morgan fingerprint density at radius 1 is 1.33 bits per heavy atom. The molecule has 0 aromatic heterocycles. The van der Waals surface area contributed by atoms with Gasteiger partial charge in [0.1, 0.15) is 5.71 Å². The van der Waals surface area contributed by atoms with E-state index in [4.69, 9.17) is 11.6 Å². The van der Waals surface area contributed by atoms with E-state index in [1.165, 1.54) is 21.2 Å². The molecule has 1 N–H and O–H groups in total. The minimum Gasteiger partial charge on any atom is -0.349 e. The number of nitrogens with one attached hydrogen (secondary N) is 1. The first-order valence-electron chi connectivity index (χ1n) is 8.84. The van der Waals surface area contributed by atoms with Crippen LogP contribution in [-0.4, -0.2) is 51.4 Å². The summed E-state index contributed by atoms with van der Waals surface area (Å²) < 4.78 is 1.40. The van der Waals surface area contributed by atoms with E-state index in [9.17, 15) is 14.4 Å². The van der Waals surface area contributed by atoms with Gasteiger partial charge in [-0.15, -0.1) is 11.8 Å². The Hall–Kier alpha value is -2.12. The fraction of sp³-hybridized carbons (Fsp3) is 0.368. The maximum absolute atomic E-state index is 12.8. The van der Waals surface area contributed by atoms with Gasteiger partial charge in [0, 0.05) is 11.6 Å². The largest absolute Gasteiger partial charge is 0.501 e. The number of thioether (sulfide) groups is 1. The first-order valence-corrected chi connectivity index (χ1v) is 10.2. The highest BCUT2D eigenvalue weighted by atomic mass is 35.5. The predicted octanol–water partition coefficient (Wildman–Crippen LogP) is 2.80. The number of urea groups is 1. The van der Waals surface area contributed by atoms with Crippen LogP contribution in [0.3, 0.4) is 0 Å². The van der Waals surface area contributed by atoms with Gasteiger partial charge in [0.25, 0.3) is 5.91 Å². The van der Waals surface area contributed by atoms with Crippen molar-refractivity contribution in [3.8, 4) is 0 Å². The molecule has 1 unspecified atom stereocenters. The van der Waals surface area contributed by atoms with E-state index in [1.54, 1.807) is 17.6 Å². The molecule has 0 saturated carbocycles. The van der Waals surface area contributed by atoms with Crippen molar-refractivity contribution in [2.24, 2.45) is 0 Å². The van der Waals surface area contributed by atoms with Gasteiger partial charge in [0.2, 0.25) is 0 Å². The van der Waals surface area contributed by atoms with Crippen LogP contribution in [0.15, 0.2) is 35.7 Å². The number of hydrogen-bond acceptors (Lipinski definition) is 4. The molecule has 8 heteroatoms. The van der Waals surface area contributed by atoms with Crippen LogP contribution >= 0.6 is 23.4 Å². The predicted molar refractivity (Wildman–Crippen MR) is 106 cm³/mol. The zero-order valence-corrected chi connectivity index (χ0v) is 16.6. The number of carbonyl (C=O) groups is 3. The van der Waals surface area contributed by atoms with Crippen molar-refractivity contribution in [1.82, 2.24) is 10.2 Å². The van der Waals surface area contributed by atoms with Crippen LogP contribution in [0.5, 0.6) is 0 Å². The van der Waals surface area contributed by atoms with Crippen LogP contribution in [-0.2, 0) is 16.1 Å². The van der Waals surface area contributed by atoms with E-state index in [-0.39, 0.29) is 24.9 Å². The molecule has 2 aliphatic heterocycles. The molecule has 1 aromatic carbocycles. The van der Waals surface area contributed by atoms with Gasteiger partial charge in [-0.3, -0.25) is 4.79 Å². The van der Waals surface area contributed by atoms with Crippen molar-refractivity contribution in [3.63, 3.8) is 0 Å². The number of hydrogen-bond donors (Lipinski definition) is 1. The van der Waals surface area contributed by atoms with Crippen LogP contribution in [0.4, 0.5) is 4.79 Å². The van der Waals surface area contributed by atoms with E-state index < -0.39 is 11.3 Å². The number of amides is 4. The van der Waals surface area contributed by atoms with Gasteiger partial charge in [0.05, 0.1) is 6.54 Å². The van der Waals surface area contributed by atoms with Gasteiger partial charge in [-0.2, -0.15) is 14.3 Å². The number of fused-ring (bicyclic) bond motifs is 1. The van der Waals surface area contributed by atoms with E-state index in [0.29, 0.717) is 17.3 Å². The van der Waals surface area contributed by atoms with Gasteiger partial charge < -0.3 is 5.32 Å². The molecule has 142 valence electrons. The molecular formula is C19H21ClN3O3S+. The number of allylic oxidation sites excluding steroid dienone is 1. The first kappa shape index (κ1) is 19.6. The van der Waals surface area contributed by atoms with Crippen LogP contribution in [0, 0.1) is 0 Å². The maximum Gasteiger partial charge on any atom is 0.501 e. The summed E-state index contributed by atoms with van der Waals surface area (Å²) in [6, 6.07) is 6.83. The standard InChI is InChI=1S/C19H20ClN3O3S/c1-2-3-9-22-18(25)17-15(8-10-27-17)23(19(22)26)12-16(24)21-11-13-6-4-5-7-14(13)20/h4-8,10,17H,2-3,9,11-12H2,1H3/p+1. The van der Waals surface area contributed by atoms with Crippen molar-refractivity contribution < 1.29 is 19.0 Å². The molecule has 2 heterocycles. The quantitative estimate of drug-likeness (QED) is 0.707. The molecule has 2 aliphatic rings.